The number of piperazine rings is 1. The molecule has 3 aliphatic heterocycles. The minimum absolute atomic E-state index is 0.0737. The molecule has 3 aliphatic rings. The van der Waals surface area contributed by atoms with E-state index in [4.69, 9.17) is 16.3 Å². The Labute approximate surface area is 263 Å². The number of halogens is 1. The van der Waals surface area contributed by atoms with Gasteiger partial charge in [0.15, 0.2) is 5.82 Å². The van der Waals surface area contributed by atoms with Crippen LogP contribution in [-0.4, -0.2) is 90.9 Å². The average molecular weight is 636 g/mol. The van der Waals surface area contributed by atoms with Crippen molar-refractivity contribution < 1.29 is 14.1 Å². The molecule has 2 aromatic carbocycles. The molecule has 232 valence electrons. The Balaban J connectivity index is 1.13. The molecule has 2 N–H and O–H groups in total. The summed E-state index contributed by atoms with van der Waals surface area (Å²) in [5.74, 6) is 1.64. The van der Waals surface area contributed by atoms with Crippen LogP contribution in [0.15, 0.2) is 54.7 Å². The van der Waals surface area contributed by atoms with Crippen molar-refractivity contribution in [3.63, 3.8) is 0 Å². The highest BCUT2D eigenvalue weighted by Crippen LogP contribution is 2.41. The number of likely N-dealkylation sites (tertiary alicyclic amines) is 1. The van der Waals surface area contributed by atoms with Crippen LogP contribution in [0, 0.1) is 6.92 Å². The Kier molecular flexibility index (Phi) is 8.85. The van der Waals surface area contributed by atoms with E-state index >= 15 is 0 Å². The van der Waals surface area contributed by atoms with Crippen molar-refractivity contribution in [1.29, 1.82) is 0 Å². The van der Waals surface area contributed by atoms with Crippen molar-refractivity contribution >= 4 is 58.8 Å². The lowest BCUT2D eigenvalue weighted by molar-refractivity contribution is -0.127. The van der Waals surface area contributed by atoms with Gasteiger partial charge in [0, 0.05) is 49.3 Å². The minimum atomic E-state index is -2.53. The molecule has 0 radical (unpaired) electrons. The minimum Gasteiger partial charge on any atom is -0.489 e. The van der Waals surface area contributed by atoms with E-state index in [9.17, 15) is 9.36 Å². The van der Waals surface area contributed by atoms with Crippen LogP contribution >= 0.6 is 18.7 Å². The Morgan fingerprint density at radius 3 is 2.73 bits per heavy atom. The Hall–Kier alpha value is -3.59. The fourth-order valence-electron chi connectivity index (χ4n) is 6.17. The van der Waals surface area contributed by atoms with E-state index in [1.54, 1.807) is 19.4 Å². The van der Waals surface area contributed by atoms with Gasteiger partial charge in [-0.25, -0.2) is 4.98 Å². The number of carbonyl (C=O) groups excluding carboxylic acids is 1. The second-order valence-corrected chi connectivity index (χ2v) is 15.6. The van der Waals surface area contributed by atoms with Crippen LogP contribution in [0.2, 0.25) is 5.02 Å². The van der Waals surface area contributed by atoms with Gasteiger partial charge in [0.2, 0.25) is 11.9 Å². The zero-order valence-corrected chi connectivity index (χ0v) is 27.1. The Bertz CT molecular complexity index is 1620. The molecule has 0 unspecified atom stereocenters. The summed E-state index contributed by atoms with van der Waals surface area (Å²) in [4.78, 5) is 28.6. The predicted octanol–water partition coefficient (Wildman–Crippen LogP) is 5.24. The molecule has 0 aliphatic carbocycles. The number of benzene rings is 2. The second-order valence-electron chi connectivity index (χ2n) is 12.0. The van der Waals surface area contributed by atoms with E-state index in [1.165, 1.54) is 19.0 Å². The molecule has 44 heavy (non-hydrogen) atoms. The lowest BCUT2D eigenvalue weighted by atomic mass is 10.0. The van der Waals surface area contributed by atoms with Gasteiger partial charge in [-0.3, -0.25) is 9.69 Å². The maximum atomic E-state index is 12.9. The summed E-state index contributed by atoms with van der Waals surface area (Å²) in [5, 5.41) is 7.61. The van der Waals surface area contributed by atoms with E-state index in [0.717, 1.165) is 54.2 Å². The largest absolute Gasteiger partial charge is 0.489 e. The maximum absolute atomic E-state index is 12.9. The maximum Gasteiger partial charge on any atom is 0.246 e. The van der Waals surface area contributed by atoms with Crippen molar-refractivity contribution in [2.75, 3.05) is 74.7 Å². The van der Waals surface area contributed by atoms with Crippen molar-refractivity contribution in [3.8, 4) is 5.75 Å². The van der Waals surface area contributed by atoms with Crippen LogP contribution < -0.4 is 25.6 Å². The number of aryl methyl sites for hydroxylation is 1. The van der Waals surface area contributed by atoms with Crippen LogP contribution in [0.3, 0.4) is 0 Å². The summed E-state index contributed by atoms with van der Waals surface area (Å²) in [7, 11) is -2.53. The van der Waals surface area contributed by atoms with Crippen LogP contribution in [0.1, 0.15) is 18.4 Å². The van der Waals surface area contributed by atoms with E-state index in [2.05, 4.69) is 37.3 Å². The van der Waals surface area contributed by atoms with E-state index in [0.29, 0.717) is 42.2 Å². The molecule has 0 spiro atoms. The molecule has 0 saturated carbocycles. The van der Waals surface area contributed by atoms with Crippen LogP contribution in [0.5, 0.6) is 5.75 Å². The topological polar surface area (TPSA) is 103 Å². The average Bonchev–Trinajstić information content (AvgIpc) is 3.51. The molecule has 1 amide bonds. The van der Waals surface area contributed by atoms with E-state index in [-0.39, 0.29) is 11.9 Å². The molecule has 0 bridgehead atoms. The number of para-hydroxylation sites is 1. The van der Waals surface area contributed by atoms with Crippen molar-refractivity contribution in [3.05, 3.63) is 65.3 Å². The highest BCUT2D eigenvalue weighted by molar-refractivity contribution is 7.70. The molecule has 2 saturated heterocycles. The SMILES string of the molecule is Cc1cc(Nc2ncc(Cl)c(Nc3ccccc3P(C)(C)=O)n2)cc2c1N1CCN(C(=O)/C=C/CN3CCCC3)C[C@H]1CO2. The number of fused-ring (bicyclic) bond motifs is 3. The molecule has 1 atom stereocenters. The first-order valence-corrected chi connectivity index (χ1v) is 18.1. The van der Waals surface area contributed by atoms with Gasteiger partial charge < -0.3 is 29.7 Å². The van der Waals surface area contributed by atoms with Gasteiger partial charge in [-0.2, -0.15) is 4.98 Å². The number of anilines is 5. The zero-order valence-electron chi connectivity index (χ0n) is 25.4. The summed E-state index contributed by atoms with van der Waals surface area (Å²) >= 11 is 6.44. The highest BCUT2D eigenvalue weighted by atomic mass is 35.5. The van der Waals surface area contributed by atoms with Crippen LogP contribution in [0.25, 0.3) is 0 Å². The summed E-state index contributed by atoms with van der Waals surface area (Å²) in [5.41, 5.74) is 3.60. The van der Waals surface area contributed by atoms with Crippen LogP contribution in [0.4, 0.5) is 28.8 Å². The first kappa shape index (κ1) is 30.4. The van der Waals surface area contributed by atoms with Crippen molar-refractivity contribution in [1.82, 2.24) is 19.8 Å². The lowest BCUT2D eigenvalue weighted by Crippen LogP contribution is -2.58. The number of nitrogens with one attached hydrogen (secondary N) is 2. The number of nitrogens with zero attached hydrogens (tertiary/aromatic N) is 5. The highest BCUT2D eigenvalue weighted by Gasteiger charge is 2.35. The number of rotatable bonds is 8. The number of aromatic nitrogens is 2. The number of ether oxygens (including phenoxy) is 1. The summed E-state index contributed by atoms with van der Waals surface area (Å²) in [6, 6.07) is 11.6. The third-order valence-electron chi connectivity index (χ3n) is 8.34. The molecule has 6 rings (SSSR count). The first-order chi connectivity index (χ1) is 21.2. The first-order valence-electron chi connectivity index (χ1n) is 15.1. The van der Waals surface area contributed by atoms with E-state index in [1.807, 2.05) is 47.4 Å². The molecule has 4 heterocycles. The molecular weight excluding hydrogens is 597 g/mol. The predicted molar refractivity (Wildman–Crippen MR) is 178 cm³/mol. The van der Waals surface area contributed by atoms with Gasteiger partial charge in [-0.1, -0.05) is 29.8 Å². The summed E-state index contributed by atoms with van der Waals surface area (Å²) in [6.07, 6.45) is 7.77. The van der Waals surface area contributed by atoms with Crippen LogP contribution in [-0.2, 0) is 9.36 Å². The lowest BCUT2D eigenvalue weighted by Gasteiger charge is -2.46. The molecular formula is C32H39ClN7O3P. The number of hydrogen-bond acceptors (Lipinski definition) is 9. The third kappa shape index (κ3) is 6.72. The molecule has 12 heteroatoms. The monoisotopic (exact) mass is 635 g/mol. The smallest absolute Gasteiger partial charge is 0.246 e. The molecule has 2 fully saturated rings. The van der Waals surface area contributed by atoms with Gasteiger partial charge in [-0.15, -0.1) is 0 Å². The normalized spacial score (nSPS) is 18.6. The van der Waals surface area contributed by atoms with E-state index < -0.39 is 7.14 Å². The molecule has 10 nitrogen and oxygen atoms in total. The quantitative estimate of drug-likeness (QED) is 0.254. The molecule has 1 aromatic heterocycles. The molecule has 3 aromatic rings. The Morgan fingerprint density at radius 1 is 1.14 bits per heavy atom. The van der Waals surface area contributed by atoms with Gasteiger partial charge >= 0.3 is 0 Å². The zero-order chi connectivity index (χ0) is 30.8. The van der Waals surface area contributed by atoms with Gasteiger partial charge in [-0.05, 0) is 69.9 Å². The Morgan fingerprint density at radius 2 is 1.93 bits per heavy atom. The number of amides is 1. The fourth-order valence-corrected chi connectivity index (χ4v) is 7.46. The third-order valence-corrected chi connectivity index (χ3v) is 10.2. The standard InChI is InChI=1S/C32H39ClN7O3P/c1-22-17-23(35-32-34-19-25(33)31(37-32)36-26-9-4-5-10-28(26)44(2,3)42)18-27-30(22)40-16-15-39(20-24(40)21-43-27)29(41)11-8-14-38-12-6-7-13-38/h4-5,8-11,17-19,24H,6-7,12-16,20-21H2,1-3H3,(H2,34,35,36,37)/b11-8+/t24-/m0/s1. The van der Waals surface area contributed by atoms with Gasteiger partial charge in [0.05, 0.1) is 23.6 Å². The van der Waals surface area contributed by atoms with Crippen molar-refractivity contribution in [2.45, 2.75) is 25.8 Å². The second kappa shape index (κ2) is 12.8. The summed E-state index contributed by atoms with van der Waals surface area (Å²) in [6.45, 7) is 11.2. The van der Waals surface area contributed by atoms with Crippen molar-refractivity contribution in [2.24, 2.45) is 0 Å². The number of carbonyl (C=O) groups is 1. The summed E-state index contributed by atoms with van der Waals surface area (Å²) < 4.78 is 19.1. The number of hydrogen-bond donors (Lipinski definition) is 2. The van der Waals surface area contributed by atoms with Gasteiger partial charge in [0.1, 0.15) is 24.5 Å². The fraction of sp³-hybridized carbons (Fsp3) is 0.406. The van der Waals surface area contributed by atoms with Gasteiger partial charge in [0.25, 0.3) is 0 Å².